The highest BCUT2D eigenvalue weighted by Gasteiger charge is 2.42. The molecule has 6 atom stereocenters. The number of carbonyl (C=O) groups is 6. The highest BCUT2D eigenvalue weighted by Crippen LogP contribution is 2.21. The average Bonchev–Trinajstić information content (AvgIpc) is 3.10. The molecule has 7 N–H and O–H groups in total. The molecule has 13 nitrogen and oxygen atoms in total. The summed E-state index contributed by atoms with van der Waals surface area (Å²) in [7, 11) is 0. The van der Waals surface area contributed by atoms with Gasteiger partial charge < -0.3 is 27.2 Å². The molecule has 0 spiro atoms. The molecule has 0 aromatic heterocycles. The number of carbonyl (C=O) groups excluding carboxylic acids is 6. The van der Waals surface area contributed by atoms with Crippen molar-refractivity contribution >= 4 is 35.4 Å². The molecule has 2 rings (SSSR count). The lowest BCUT2D eigenvalue weighted by Gasteiger charge is -2.38. The first-order chi connectivity index (χ1) is 25.2. The summed E-state index contributed by atoms with van der Waals surface area (Å²) in [5, 5.41) is 18.1. The molecule has 0 heterocycles. The smallest absolute Gasteiger partial charge is 0.247 e. The molecule has 0 aliphatic heterocycles. The fourth-order valence-electron chi connectivity index (χ4n) is 6.37. The van der Waals surface area contributed by atoms with E-state index < -0.39 is 89.6 Å². The molecule has 0 saturated carbocycles. The number of hydrogen-bond donors (Lipinski definition) is 5. The summed E-state index contributed by atoms with van der Waals surface area (Å²) in [6.45, 7) is 16.2. The van der Waals surface area contributed by atoms with Crippen LogP contribution >= 0.6 is 0 Å². The quantitative estimate of drug-likeness (QED) is 0.152. The van der Waals surface area contributed by atoms with Crippen LogP contribution in [0.15, 0.2) is 60.7 Å². The van der Waals surface area contributed by atoms with Crippen LogP contribution in [0.4, 0.5) is 0 Å². The molecule has 54 heavy (non-hydrogen) atoms. The van der Waals surface area contributed by atoms with Gasteiger partial charge in [0.15, 0.2) is 0 Å². The van der Waals surface area contributed by atoms with Crippen molar-refractivity contribution in [3.8, 4) is 0 Å². The standard InChI is InChI=1S/C41H62N6O7/c1-23(2)33(42)40(53)46(27(9)48)35(25(5)6)38(51)44-31(21-29-17-13-11-14-18-29)37(50)32(22-30-19-15-12-16-20-30)45-39(52)36(26(7)8)47(28(10)49)41(54)34(43)24(3)4/h11-20,23-26,31-37,50H,21-22,42-43H2,1-10H3,(H,44,51)(H,45,52)/t31?,32?,33-,34-,35-,36-,37?/m0/s1. The van der Waals surface area contributed by atoms with Crippen molar-refractivity contribution in [3.05, 3.63) is 71.8 Å². The minimum Gasteiger partial charge on any atom is -0.389 e. The maximum atomic E-state index is 14.3. The van der Waals surface area contributed by atoms with Gasteiger partial charge in [0.25, 0.3) is 0 Å². The van der Waals surface area contributed by atoms with Crippen molar-refractivity contribution < 1.29 is 33.9 Å². The molecular formula is C41H62N6O7. The molecule has 298 valence electrons. The Bertz CT molecular complexity index is 1450. The minimum atomic E-state index is -1.46. The molecule has 6 amide bonds. The molecule has 0 saturated heterocycles. The third-order valence-corrected chi connectivity index (χ3v) is 9.59. The van der Waals surface area contributed by atoms with Crippen LogP contribution in [-0.4, -0.2) is 92.7 Å². The van der Waals surface area contributed by atoms with E-state index in [1.807, 2.05) is 60.7 Å². The topological polar surface area (TPSA) is 205 Å². The summed E-state index contributed by atoms with van der Waals surface area (Å²) in [5.41, 5.74) is 13.9. The molecule has 0 radical (unpaired) electrons. The van der Waals surface area contributed by atoms with Gasteiger partial charge in [0, 0.05) is 13.8 Å². The Kier molecular flexibility index (Phi) is 17.6. The Morgan fingerprint density at radius 3 is 1.09 bits per heavy atom. The second-order valence-electron chi connectivity index (χ2n) is 15.5. The van der Waals surface area contributed by atoms with Crippen molar-refractivity contribution in [2.45, 2.75) is 124 Å². The van der Waals surface area contributed by atoms with Gasteiger partial charge in [-0.1, -0.05) is 116 Å². The molecule has 0 aliphatic carbocycles. The van der Waals surface area contributed by atoms with Crippen LogP contribution in [0.3, 0.4) is 0 Å². The van der Waals surface area contributed by atoms with Crippen LogP contribution < -0.4 is 22.1 Å². The zero-order chi connectivity index (χ0) is 41.0. The Morgan fingerprint density at radius 1 is 0.556 bits per heavy atom. The maximum absolute atomic E-state index is 14.3. The van der Waals surface area contributed by atoms with Gasteiger partial charge in [0.1, 0.15) is 12.1 Å². The fourth-order valence-corrected chi connectivity index (χ4v) is 6.37. The predicted octanol–water partition coefficient (Wildman–Crippen LogP) is 2.57. The molecule has 2 aromatic carbocycles. The predicted molar refractivity (Wildman–Crippen MR) is 208 cm³/mol. The van der Waals surface area contributed by atoms with Gasteiger partial charge in [-0.15, -0.1) is 0 Å². The lowest BCUT2D eigenvalue weighted by atomic mass is 9.90. The van der Waals surface area contributed by atoms with Crippen LogP contribution in [0.2, 0.25) is 0 Å². The Hall–Kier alpha value is -4.46. The molecule has 13 heteroatoms. The highest BCUT2D eigenvalue weighted by molar-refractivity contribution is 6.02. The van der Waals surface area contributed by atoms with Crippen LogP contribution in [0.5, 0.6) is 0 Å². The number of nitrogens with two attached hydrogens (primary N) is 2. The van der Waals surface area contributed by atoms with Crippen LogP contribution in [0.1, 0.15) is 80.4 Å². The van der Waals surface area contributed by atoms with E-state index in [9.17, 15) is 33.9 Å². The second kappa shape index (κ2) is 20.8. The maximum Gasteiger partial charge on any atom is 0.247 e. The van der Waals surface area contributed by atoms with Gasteiger partial charge in [-0.2, -0.15) is 0 Å². The van der Waals surface area contributed by atoms with Crippen molar-refractivity contribution in [1.29, 1.82) is 0 Å². The number of rotatable bonds is 18. The zero-order valence-electron chi connectivity index (χ0n) is 33.5. The molecule has 2 aromatic rings. The lowest BCUT2D eigenvalue weighted by Crippen LogP contribution is -2.64. The normalized spacial score (nSPS) is 15.5. The van der Waals surface area contributed by atoms with E-state index in [0.29, 0.717) is 0 Å². The largest absolute Gasteiger partial charge is 0.389 e. The molecule has 0 bridgehead atoms. The van der Waals surface area contributed by atoms with Crippen molar-refractivity contribution in [2.24, 2.45) is 35.1 Å². The van der Waals surface area contributed by atoms with Crippen molar-refractivity contribution in [1.82, 2.24) is 20.4 Å². The van der Waals surface area contributed by atoms with E-state index >= 15 is 0 Å². The summed E-state index contributed by atoms with van der Waals surface area (Å²) in [5.74, 6) is -5.76. The highest BCUT2D eigenvalue weighted by atomic mass is 16.3. The first-order valence-corrected chi connectivity index (χ1v) is 18.8. The second-order valence-corrected chi connectivity index (χ2v) is 15.5. The minimum absolute atomic E-state index is 0.105. The van der Waals surface area contributed by atoms with E-state index in [-0.39, 0.29) is 24.7 Å². The van der Waals surface area contributed by atoms with Crippen LogP contribution in [0.25, 0.3) is 0 Å². The molecule has 2 unspecified atom stereocenters. The van der Waals surface area contributed by atoms with E-state index in [1.165, 1.54) is 13.8 Å². The lowest BCUT2D eigenvalue weighted by molar-refractivity contribution is -0.154. The van der Waals surface area contributed by atoms with Gasteiger partial charge in [-0.3, -0.25) is 38.6 Å². The SMILES string of the molecule is CC(=O)N(C(=O)[C@@H](N)C(C)C)[C@H](C(=O)NC(Cc1ccccc1)C(O)C(Cc1ccccc1)NC(=O)[C@H](C(C)C)N(C(C)=O)C(=O)[C@@H](N)C(C)C)C(C)C. The summed E-state index contributed by atoms with van der Waals surface area (Å²) < 4.78 is 0. The van der Waals surface area contributed by atoms with Crippen molar-refractivity contribution in [3.63, 3.8) is 0 Å². The van der Waals surface area contributed by atoms with Gasteiger partial charge in [-0.25, -0.2) is 0 Å². The number of benzene rings is 2. The molecular weight excluding hydrogens is 688 g/mol. The number of hydrogen-bond acceptors (Lipinski definition) is 9. The summed E-state index contributed by atoms with van der Waals surface area (Å²) in [6, 6.07) is 11.5. The number of aliphatic hydroxyl groups is 1. The number of nitrogens with zero attached hydrogens (tertiary/aromatic N) is 2. The van der Waals surface area contributed by atoms with E-state index in [0.717, 1.165) is 20.9 Å². The third-order valence-electron chi connectivity index (χ3n) is 9.59. The number of nitrogens with one attached hydrogen (secondary N) is 2. The number of aliphatic hydroxyl groups excluding tert-OH is 1. The van der Waals surface area contributed by atoms with E-state index in [1.54, 1.807) is 55.4 Å². The molecule has 0 aliphatic rings. The van der Waals surface area contributed by atoms with Gasteiger partial charge in [0.2, 0.25) is 35.4 Å². The van der Waals surface area contributed by atoms with Gasteiger partial charge >= 0.3 is 0 Å². The summed E-state index contributed by atoms with van der Waals surface area (Å²) in [4.78, 5) is 83.3. The Labute approximate surface area is 320 Å². The number of amides is 6. The van der Waals surface area contributed by atoms with Crippen LogP contribution in [-0.2, 0) is 41.6 Å². The first-order valence-electron chi connectivity index (χ1n) is 18.8. The Morgan fingerprint density at radius 2 is 0.852 bits per heavy atom. The summed E-state index contributed by atoms with van der Waals surface area (Å²) in [6.07, 6.45) is -1.25. The average molecular weight is 751 g/mol. The zero-order valence-corrected chi connectivity index (χ0v) is 33.5. The first kappa shape index (κ1) is 45.7. The monoisotopic (exact) mass is 750 g/mol. The van der Waals surface area contributed by atoms with E-state index in [4.69, 9.17) is 11.5 Å². The molecule has 0 fully saturated rings. The van der Waals surface area contributed by atoms with Gasteiger partial charge in [-0.05, 0) is 47.6 Å². The van der Waals surface area contributed by atoms with E-state index in [2.05, 4.69) is 10.6 Å². The number of imide groups is 2. The van der Waals surface area contributed by atoms with Crippen LogP contribution in [0, 0.1) is 23.7 Å². The third kappa shape index (κ3) is 12.3. The van der Waals surface area contributed by atoms with Crippen molar-refractivity contribution in [2.75, 3.05) is 0 Å². The Balaban J connectivity index is 2.68. The van der Waals surface area contributed by atoms with Gasteiger partial charge in [0.05, 0.1) is 30.3 Å². The summed E-state index contributed by atoms with van der Waals surface area (Å²) >= 11 is 0. The fraction of sp³-hybridized carbons (Fsp3) is 0.561.